The maximum atomic E-state index is 11.9. The maximum absolute atomic E-state index is 11.9. The SMILES string of the molecule is CCCNCCNS(=O)(=O)c1cn(CC(C)C)cn1.Cl. The minimum Gasteiger partial charge on any atom is -0.336 e. The van der Waals surface area contributed by atoms with Crippen LogP contribution in [-0.2, 0) is 16.6 Å². The highest BCUT2D eigenvalue weighted by Gasteiger charge is 2.16. The molecule has 0 spiro atoms. The van der Waals surface area contributed by atoms with Gasteiger partial charge in [-0.2, -0.15) is 0 Å². The molecule has 0 aliphatic carbocycles. The lowest BCUT2D eigenvalue weighted by molar-refractivity contribution is 0.521. The highest BCUT2D eigenvalue weighted by molar-refractivity contribution is 7.89. The molecule has 0 atom stereocenters. The van der Waals surface area contributed by atoms with E-state index in [1.165, 1.54) is 0 Å². The molecule has 1 rings (SSSR count). The van der Waals surface area contributed by atoms with Gasteiger partial charge >= 0.3 is 0 Å². The molecule has 0 aliphatic heterocycles. The van der Waals surface area contributed by atoms with Gasteiger partial charge in [-0.25, -0.2) is 18.1 Å². The second-order valence-electron chi connectivity index (χ2n) is 4.95. The van der Waals surface area contributed by atoms with Crippen LogP contribution < -0.4 is 10.0 Å². The van der Waals surface area contributed by atoms with Crippen LogP contribution in [0.4, 0.5) is 0 Å². The zero-order chi connectivity index (χ0) is 14.3. The summed E-state index contributed by atoms with van der Waals surface area (Å²) >= 11 is 0. The fraction of sp³-hybridized carbons (Fsp3) is 0.750. The van der Waals surface area contributed by atoms with Gasteiger partial charge in [-0.15, -0.1) is 12.4 Å². The highest BCUT2D eigenvalue weighted by Crippen LogP contribution is 2.06. The molecule has 0 aliphatic rings. The number of rotatable bonds is 9. The Morgan fingerprint density at radius 3 is 2.60 bits per heavy atom. The van der Waals surface area contributed by atoms with Crippen LogP contribution >= 0.6 is 12.4 Å². The highest BCUT2D eigenvalue weighted by atomic mass is 35.5. The van der Waals surface area contributed by atoms with Crippen LogP contribution in [0.5, 0.6) is 0 Å². The van der Waals surface area contributed by atoms with Crippen LogP contribution in [0, 0.1) is 5.92 Å². The van der Waals surface area contributed by atoms with E-state index in [1.807, 2.05) is 0 Å². The molecule has 0 amide bonds. The summed E-state index contributed by atoms with van der Waals surface area (Å²) in [7, 11) is -3.48. The van der Waals surface area contributed by atoms with Crippen molar-refractivity contribution in [1.29, 1.82) is 0 Å². The van der Waals surface area contributed by atoms with Crippen molar-refractivity contribution in [3.05, 3.63) is 12.5 Å². The van der Waals surface area contributed by atoms with E-state index in [9.17, 15) is 8.42 Å². The Hall–Kier alpha value is -0.630. The van der Waals surface area contributed by atoms with Gasteiger partial charge in [-0.1, -0.05) is 20.8 Å². The van der Waals surface area contributed by atoms with Crippen molar-refractivity contribution in [1.82, 2.24) is 19.6 Å². The van der Waals surface area contributed by atoms with Gasteiger partial charge in [0.15, 0.2) is 5.03 Å². The van der Waals surface area contributed by atoms with E-state index in [0.29, 0.717) is 19.0 Å². The number of imidazole rings is 1. The third kappa shape index (κ3) is 6.69. The van der Waals surface area contributed by atoms with Crippen molar-refractivity contribution in [2.45, 2.75) is 38.8 Å². The van der Waals surface area contributed by atoms with Crippen molar-refractivity contribution in [2.75, 3.05) is 19.6 Å². The third-order valence-electron chi connectivity index (χ3n) is 2.48. The lowest BCUT2D eigenvalue weighted by Gasteiger charge is -2.06. The van der Waals surface area contributed by atoms with Gasteiger partial charge in [0.05, 0.1) is 6.33 Å². The molecular formula is C12H25ClN4O2S. The van der Waals surface area contributed by atoms with Crippen LogP contribution in [0.1, 0.15) is 27.2 Å². The minimum atomic E-state index is -3.48. The Morgan fingerprint density at radius 2 is 2.00 bits per heavy atom. The van der Waals surface area contributed by atoms with Crippen LogP contribution in [0.2, 0.25) is 0 Å². The molecule has 0 saturated heterocycles. The van der Waals surface area contributed by atoms with Gasteiger partial charge in [0.2, 0.25) is 0 Å². The number of hydrogen-bond acceptors (Lipinski definition) is 4. The predicted octanol–water partition coefficient (Wildman–Crippen LogP) is 1.24. The van der Waals surface area contributed by atoms with Gasteiger partial charge < -0.3 is 9.88 Å². The summed E-state index contributed by atoms with van der Waals surface area (Å²) in [5, 5.41) is 3.22. The largest absolute Gasteiger partial charge is 0.336 e. The molecule has 0 unspecified atom stereocenters. The Balaban J connectivity index is 0.00000361. The number of halogens is 1. The number of nitrogens with one attached hydrogen (secondary N) is 2. The van der Waals surface area contributed by atoms with Crippen molar-refractivity contribution in [3.8, 4) is 0 Å². The Kier molecular flexibility index (Phi) is 9.04. The summed E-state index contributed by atoms with van der Waals surface area (Å²) in [5.41, 5.74) is 0. The molecule has 1 aromatic rings. The van der Waals surface area contributed by atoms with Gasteiger partial charge in [0.25, 0.3) is 10.0 Å². The molecule has 1 aromatic heterocycles. The normalized spacial score (nSPS) is 11.6. The first-order chi connectivity index (χ1) is 8.95. The van der Waals surface area contributed by atoms with Crippen LogP contribution in [0.15, 0.2) is 17.6 Å². The molecule has 6 nitrogen and oxygen atoms in total. The molecule has 8 heteroatoms. The molecule has 0 saturated carbocycles. The Bertz CT molecular complexity index is 474. The zero-order valence-corrected chi connectivity index (χ0v) is 13.9. The molecule has 0 radical (unpaired) electrons. The second-order valence-corrected chi connectivity index (χ2v) is 6.66. The molecule has 0 fully saturated rings. The molecular weight excluding hydrogens is 300 g/mol. The van der Waals surface area contributed by atoms with E-state index in [4.69, 9.17) is 0 Å². The summed E-state index contributed by atoms with van der Waals surface area (Å²) in [6, 6.07) is 0. The number of hydrogen-bond donors (Lipinski definition) is 2. The van der Waals surface area contributed by atoms with Crippen LogP contribution in [-0.4, -0.2) is 37.6 Å². The lowest BCUT2D eigenvalue weighted by atomic mass is 10.2. The monoisotopic (exact) mass is 324 g/mol. The van der Waals surface area contributed by atoms with E-state index >= 15 is 0 Å². The minimum absolute atomic E-state index is 0. The van der Waals surface area contributed by atoms with E-state index in [2.05, 4.69) is 35.8 Å². The van der Waals surface area contributed by atoms with Crippen molar-refractivity contribution in [3.63, 3.8) is 0 Å². The topological polar surface area (TPSA) is 76.0 Å². The molecule has 118 valence electrons. The van der Waals surface area contributed by atoms with E-state index in [-0.39, 0.29) is 17.4 Å². The molecule has 1 heterocycles. The third-order valence-corrected chi connectivity index (χ3v) is 3.83. The maximum Gasteiger partial charge on any atom is 0.259 e. The molecule has 0 aromatic carbocycles. The zero-order valence-electron chi connectivity index (χ0n) is 12.3. The number of sulfonamides is 1. The van der Waals surface area contributed by atoms with Crippen LogP contribution in [0.25, 0.3) is 0 Å². The first-order valence-electron chi connectivity index (χ1n) is 6.68. The Morgan fingerprint density at radius 1 is 1.30 bits per heavy atom. The standard InChI is InChI=1S/C12H24N4O2S.ClH/c1-4-5-13-6-7-15-19(17,18)12-9-16(10-14-12)8-11(2)3;/h9-11,13,15H,4-8H2,1-3H3;1H. The average Bonchev–Trinajstić information content (AvgIpc) is 2.77. The second kappa shape index (κ2) is 9.33. The van der Waals surface area contributed by atoms with Crippen molar-refractivity contribution < 1.29 is 8.42 Å². The summed E-state index contributed by atoms with van der Waals surface area (Å²) in [6.45, 7) is 8.88. The summed E-state index contributed by atoms with van der Waals surface area (Å²) in [6.07, 6.45) is 4.16. The summed E-state index contributed by atoms with van der Waals surface area (Å²) in [4.78, 5) is 3.95. The summed E-state index contributed by atoms with van der Waals surface area (Å²) in [5.74, 6) is 0.455. The molecule has 2 N–H and O–H groups in total. The van der Waals surface area contributed by atoms with Gasteiger partial charge in [0, 0.05) is 25.8 Å². The Labute approximate surface area is 127 Å². The van der Waals surface area contributed by atoms with Gasteiger partial charge in [0.1, 0.15) is 0 Å². The number of nitrogens with zero attached hydrogens (tertiary/aromatic N) is 2. The van der Waals surface area contributed by atoms with Crippen LogP contribution in [0.3, 0.4) is 0 Å². The predicted molar refractivity (Wildman–Crippen MR) is 82.7 cm³/mol. The first kappa shape index (κ1) is 19.4. The smallest absolute Gasteiger partial charge is 0.259 e. The van der Waals surface area contributed by atoms with Gasteiger partial charge in [-0.05, 0) is 18.9 Å². The fourth-order valence-electron chi connectivity index (χ4n) is 1.65. The van der Waals surface area contributed by atoms with E-state index < -0.39 is 10.0 Å². The van der Waals surface area contributed by atoms with Crippen molar-refractivity contribution in [2.24, 2.45) is 5.92 Å². The van der Waals surface area contributed by atoms with Gasteiger partial charge in [-0.3, -0.25) is 0 Å². The first-order valence-corrected chi connectivity index (χ1v) is 8.16. The fourth-order valence-corrected chi connectivity index (χ4v) is 2.63. The lowest BCUT2D eigenvalue weighted by Crippen LogP contribution is -2.32. The molecule has 0 bridgehead atoms. The molecule has 20 heavy (non-hydrogen) atoms. The van der Waals surface area contributed by atoms with E-state index in [1.54, 1.807) is 17.1 Å². The van der Waals surface area contributed by atoms with E-state index in [0.717, 1.165) is 19.5 Å². The number of aromatic nitrogens is 2. The summed E-state index contributed by atoms with van der Waals surface area (Å²) < 4.78 is 28.2. The van der Waals surface area contributed by atoms with Crippen molar-refractivity contribution >= 4 is 22.4 Å². The quantitative estimate of drug-likeness (QED) is 0.670. The average molecular weight is 325 g/mol.